The summed E-state index contributed by atoms with van der Waals surface area (Å²) in [7, 11) is 0. The van der Waals surface area contributed by atoms with Gasteiger partial charge in [-0.3, -0.25) is 0 Å². The summed E-state index contributed by atoms with van der Waals surface area (Å²) >= 11 is 0. The van der Waals surface area contributed by atoms with Gasteiger partial charge in [0.15, 0.2) is 0 Å². The van der Waals surface area contributed by atoms with Crippen LogP contribution in [0, 0.1) is 6.92 Å². The second-order valence-electron chi connectivity index (χ2n) is 3.69. The van der Waals surface area contributed by atoms with Crippen LogP contribution >= 0.6 is 0 Å². The molecule has 3 N–H and O–H groups in total. The van der Waals surface area contributed by atoms with Gasteiger partial charge in [0.2, 0.25) is 0 Å². The van der Waals surface area contributed by atoms with Gasteiger partial charge in [0, 0.05) is 5.69 Å². The van der Waals surface area contributed by atoms with E-state index in [1.165, 1.54) is 17.5 Å². The molecule has 0 spiro atoms. The molecule has 0 bridgehead atoms. The van der Waals surface area contributed by atoms with Crippen molar-refractivity contribution in [2.24, 2.45) is 0 Å². The molecule has 0 amide bonds. The van der Waals surface area contributed by atoms with Crippen molar-refractivity contribution >= 4 is 5.69 Å². The Morgan fingerprint density at radius 2 is 2.07 bits per heavy atom. The molecule has 0 saturated heterocycles. The molecule has 0 fully saturated rings. The minimum absolute atomic E-state index is 0.885. The van der Waals surface area contributed by atoms with Gasteiger partial charge in [0.1, 0.15) is 0 Å². The standard InChI is InChI=1S/C12H20N2/c1-3-7-14-8-6-11-4-5-12(13)10(2)9-11/h4-5,9,14H,3,6-8,13H2,1-2H3. The summed E-state index contributed by atoms with van der Waals surface area (Å²) in [6.07, 6.45) is 2.28. The van der Waals surface area contributed by atoms with Crippen LogP contribution in [0.1, 0.15) is 24.5 Å². The van der Waals surface area contributed by atoms with Crippen LogP contribution in [0.15, 0.2) is 18.2 Å². The molecule has 0 aliphatic carbocycles. The van der Waals surface area contributed by atoms with E-state index in [0.29, 0.717) is 0 Å². The highest BCUT2D eigenvalue weighted by molar-refractivity contribution is 5.47. The molecular weight excluding hydrogens is 172 g/mol. The molecule has 0 radical (unpaired) electrons. The predicted octanol–water partition coefficient (Wildman–Crippen LogP) is 2.12. The average Bonchev–Trinajstić information content (AvgIpc) is 2.18. The molecule has 0 aromatic heterocycles. The zero-order valence-electron chi connectivity index (χ0n) is 9.14. The van der Waals surface area contributed by atoms with Gasteiger partial charge in [-0.15, -0.1) is 0 Å². The number of hydrogen-bond donors (Lipinski definition) is 2. The molecule has 0 atom stereocenters. The minimum Gasteiger partial charge on any atom is -0.399 e. The molecule has 1 rings (SSSR count). The van der Waals surface area contributed by atoms with Gasteiger partial charge in [-0.2, -0.15) is 0 Å². The van der Waals surface area contributed by atoms with E-state index in [1.807, 2.05) is 6.07 Å². The van der Waals surface area contributed by atoms with Crippen LogP contribution in [0.5, 0.6) is 0 Å². The van der Waals surface area contributed by atoms with Crippen molar-refractivity contribution in [2.45, 2.75) is 26.7 Å². The minimum atomic E-state index is 0.885. The van der Waals surface area contributed by atoms with Crippen LogP contribution in [-0.4, -0.2) is 13.1 Å². The van der Waals surface area contributed by atoms with Gasteiger partial charge < -0.3 is 11.1 Å². The maximum atomic E-state index is 5.75. The molecule has 2 heteroatoms. The first-order valence-electron chi connectivity index (χ1n) is 5.29. The molecule has 14 heavy (non-hydrogen) atoms. The topological polar surface area (TPSA) is 38.0 Å². The van der Waals surface area contributed by atoms with Crippen molar-refractivity contribution in [3.63, 3.8) is 0 Å². The number of aryl methyl sites for hydroxylation is 1. The molecular formula is C12H20N2. The molecule has 0 unspecified atom stereocenters. The highest BCUT2D eigenvalue weighted by Gasteiger charge is 1.96. The highest BCUT2D eigenvalue weighted by atomic mass is 14.8. The van der Waals surface area contributed by atoms with Crippen molar-refractivity contribution in [3.8, 4) is 0 Å². The van der Waals surface area contributed by atoms with Gasteiger partial charge in [-0.25, -0.2) is 0 Å². The third kappa shape index (κ3) is 3.38. The fourth-order valence-corrected chi connectivity index (χ4v) is 1.43. The SMILES string of the molecule is CCCNCCc1ccc(N)c(C)c1. The predicted molar refractivity (Wildman–Crippen MR) is 62.5 cm³/mol. The second-order valence-corrected chi connectivity index (χ2v) is 3.69. The average molecular weight is 192 g/mol. The lowest BCUT2D eigenvalue weighted by molar-refractivity contribution is 0.671. The van der Waals surface area contributed by atoms with Crippen LogP contribution < -0.4 is 11.1 Å². The van der Waals surface area contributed by atoms with Gasteiger partial charge >= 0.3 is 0 Å². The number of nitrogens with two attached hydrogens (primary N) is 1. The fourth-order valence-electron chi connectivity index (χ4n) is 1.43. The zero-order valence-corrected chi connectivity index (χ0v) is 9.14. The van der Waals surface area contributed by atoms with Crippen LogP contribution in [0.25, 0.3) is 0 Å². The number of rotatable bonds is 5. The quantitative estimate of drug-likeness (QED) is 0.554. The third-order valence-corrected chi connectivity index (χ3v) is 2.35. The normalized spacial score (nSPS) is 10.4. The summed E-state index contributed by atoms with van der Waals surface area (Å²) in [5.41, 5.74) is 9.17. The molecule has 0 aliphatic rings. The maximum absolute atomic E-state index is 5.75. The Labute approximate surface area is 86.5 Å². The van der Waals surface area contributed by atoms with Crippen LogP contribution in [-0.2, 0) is 6.42 Å². The largest absolute Gasteiger partial charge is 0.399 e. The van der Waals surface area contributed by atoms with Crippen molar-refractivity contribution in [1.82, 2.24) is 5.32 Å². The van der Waals surface area contributed by atoms with E-state index in [2.05, 4.69) is 31.3 Å². The summed E-state index contributed by atoms with van der Waals surface area (Å²) in [6, 6.07) is 6.27. The summed E-state index contributed by atoms with van der Waals surface area (Å²) in [6.45, 7) is 6.39. The molecule has 78 valence electrons. The van der Waals surface area contributed by atoms with Crippen molar-refractivity contribution in [3.05, 3.63) is 29.3 Å². The lowest BCUT2D eigenvalue weighted by atomic mass is 10.1. The molecule has 1 aromatic rings. The smallest absolute Gasteiger partial charge is 0.0343 e. The van der Waals surface area contributed by atoms with Crippen molar-refractivity contribution < 1.29 is 0 Å². The first-order valence-corrected chi connectivity index (χ1v) is 5.29. The number of nitrogens with one attached hydrogen (secondary N) is 1. The van der Waals surface area contributed by atoms with E-state index in [1.54, 1.807) is 0 Å². The summed E-state index contributed by atoms with van der Waals surface area (Å²) < 4.78 is 0. The molecule has 1 aromatic carbocycles. The van der Waals surface area contributed by atoms with Crippen molar-refractivity contribution in [1.29, 1.82) is 0 Å². The van der Waals surface area contributed by atoms with E-state index >= 15 is 0 Å². The van der Waals surface area contributed by atoms with Gasteiger partial charge in [0.05, 0.1) is 0 Å². The Morgan fingerprint density at radius 1 is 1.29 bits per heavy atom. The molecule has 0 aliphatic heterocycles. The van der Waals surface area contributed by atoms with Crippen LogP contribution in [0.3, 0.4) is 0 Å². The van der Waals surface area contributed by atoms with E-state index in [9.17, 15) is 0 Å². The number of nitrogen functional groups attached to an aromatic ring is 1. The monoisotopic (exact) mass is 192 g/mol. The summed E-state index contributed by atoms with van der Waals surface area (Å²) in [5, 5.41) is 3.39. The second kappa shape index (κ2) is 5.66. The fraction of sp³-hybridized carbons (Fsp3) is 0.500. The Kier molecular flexibility index (Phi) is 4.47. The first kappa shape index (κ1) is 11.1. The number of hydrogen-bond acceptors (Lipinski definition) is 2. The first-order chi connectivity index (χ1) is 6.74. The van der Waals surface area contributed by atoms with Crippen LogP contribution in [0.2, 0.25) is 0 Å². The van der Waals surface area contributed by atoms with E-state index in [-0.39, 0.29) is 0 Å². The molecule has 2 nitrogen and oxygen atoms in total. The van der Waals surface area contributed by atoms with Crippen LogP contribution in [0.4, 0.5) is 5.69 Å². The summed E-state index contributed by atoms with van der Waals surface area (Å²) in [4.78, 5) is 0. The summed E-state index contributed by atoms with van der Waals surface area (Å²) in [5.74, 6) is 0. The third-order valence-electron chi connectivity index (χ3n) is 2.35. The van der Waals surface area contributed by atoms with Gasteiger partial charge in [-0.1, -0.05) is 19.1 Å². The van der Waals surface area contributed by atoms with E-state index in [0.717, 1.165) is 25.2 Å². The number of anilines is 1. The van der Waals surface area contributed by atoms with E-state index < -0.39 is 0 Å². The lowest BCUT2D eigenvalue weighted by Gasteiger charge is -2.05. The Morgan fingerprint density at radius 3 is 2.71 bits per heavy atom. The highest BCUT2D eigenvalue weighted by Crippen LogP contribution is 2.12. The lowest BCUT2D eigenvalue weighted by Crippen LogP contribution is -2.17. The van der Waals surface area contributed by atoms with E-state index in [4.69, 9.17) is 5.73 Å². The molecule has 0 heterocycles. The van der Waals surface area contributed by atoms with Crippen molar-refractivity contribution in [2.75, 3.05) is 18.8 Å². The zero-order chi connectivity index (χ0) is 10.4. The number of benzene rings is 1. The molecule has 0 saturated carbocycles. The van der Waals surface area contributed by atoms with Gasteiger partial charge in [-0.05, 0) is 50.0 Å². The Bertz CT molecular complexity index is 282. The Hall–Kier alpha value is -1.02. The maximum Gasteiger partial charge on any atom is 0.0343 e. The van der Waals surface area contributed by atoms with Gasteiger partial charge in [0.25, 0.3) is 0 Å². The Balaban J connectivity index is 2.39.